The van der Waals surface area contributed by atoms with Gasteiger partial charge in [0.15, 0.2) is 0 Å². The van der Waals surface area contributed by atoms with Crippen molar-refractivity contribution in [2.45, 2.75) is 32.4 Å². The van der Waals surface area contributed by atoms with Gasteiger partial charge in [0.25, 0.3) is 0 Å². The first kappa shape index (κ1) is 15.3. The quantitative estimate of drug-likeness (QED) is 0.910. The second-order valence-electron chi connectivity index (χ2n) is 5.90. The van der Waals surface area contributed by atoms with E-state index in [2.05, 4.69) is 10.3 Å². The number of hydrogen-bond acceptors (Lipinski definition) is 4. The summed E-state index contributed by atoms with van der Waals surface area (Å²) in [5, 5.41) is 3.79. The van der Waals surface area contributed by atoms with Crippen LogP contribution in [0.4, 0.5) is 4.79 Å². The highest BCUT2D eigenvalue weighted by Crippen LogP contribution is 2.18. The predicted molar refractivity (Wildman–Crippen MR) is 82.9 cm³/mol. The minimum absolute atomic E-state index is 0.277. The Morgan fingerprint density at radius 2 is 2.10 bits per heavy atom. The fourth-order valence-corrected chi connectivity index (χ4v) is 2.01. The molecule has 0 radical (unpaired) electrons. The number of nitrogens with zero attached hydrogens (tertiary/aromatic N) is 1. The minimum atomic E-state index is -0.537. The Hall–Kier alpha value is -2.14. The largest absolute Gasteiger partial charge is 0.444 e. The normalized spacial score (nSPS) is 13.0. The molecule has 2 aromatic rings. The number of ether oxygens (including phenoxy) is 1. The number of pyridine rings is 1. The molecular weight excluding hydrogens is 266 g/mol. The standard InChI is InChI=1S/C16H21N3O2/c1-16(2,3)21-15(20)19-14(9-17)12-8-11-6-4-5-7-13(11)18-10-12/h4-8,10,14H,9,17H2,1-3H3,(H,19,20). The molecular formula is C16H21N3O2. The number of nitrogens with one attached hydrogen (secondary N) is 1. The van der Waals surface area contributed by atoms with Crippen LogP contribution in [0, 0.1) is 0 Å². The zero-order chi connectivity index (χ0) is 15.5. The van der Waals surface area contributed by atoms with Gasteiger partial charge in [0.1, 0.15) is 5.60 Å². The smallest absolute Gasteiger partial charge is 0.408 e. The molecule has 0 aliphatic heterocycles. The molecule has 1 atom stereocenters. The third kappa shape index (κ3) is 4.16. The second kappa shape index (κ2) is 6.10. The first-order chi connectivity index (χ1) is 9.89. The first-order valence-corrected chi connectivity index (χ1v) is 6.93. The molecule has 0 aliphatic carbocycles. The van der Waals surface area contributed by atoms with Crippen LogP contribution < -0.4 is 11.1 Å². The Morgan fingerprint density at radius 1 is 1.38 bits per heavy atom. The lowest BCUT2D eigenvalue weighted by molar-refractivity contribution is 0.0505. The molecule has 112 valence electrons. The average molecular weight is 287 g/mol. The Balaban J connectivity index is 2.17. The molecule has 21 heavy (non-hydrogen) atoms. The Bertz CT molecular complexity index is 635. The lowest BCUT2D eigenvalue weighted by Gasteiger charge is -2.23. The van der Waals surface area contributed by atoms with E-state index in [1.165, 1.54) is 0 Å². The fraction of sp³-hybridized carbons (Fsp3) is 0.375. The number of fused-ring (bicyclic) bond motifs is 1. The molecule has 0 fully saturated rings. The number of amides is 1. The van der Waals surface area contributed by atoms with Gasteiger partial charge >= 0.3 is 6.09 Å². The van der Waals surface area contributed by atoms with Crippen LogP contribution in [0.3, 0.4) is 0 Å². The second-order valence-corrected chi connectivity index (χ2v) is 5.90. The van der Waals surface area contributed by atoms with Crippen LogP contribution in [0.15, 0.2) is 36.5 Å². The van der Waals surface area contributed by atoms with Gasteiger partial charge in [-0.25, -0.2) is 4.79 Å². The van der Waals surface area contributed by atoms with E-state index in [0.29, 0.717) is 0 Å². The van der Waals surface area contributed by atoms with Gasteiger partial charge < -0.3 is 15.8 Å². The molecule has 0 spiro atoms. The molecule has 1 aromatic heterocycles. The highest BCUT2D eigenvalue weighted by atomic mass is 16.6. The number of alkyl carbamates (subject to hydrolysis) is 1. The number of rotatable bonds is 3. The van der Waals surface area contributed by atoms with Gasteiger partial charge in [0.05, 0.1) is 11.6 Å². The summed E-state index contributed by atoms with van der Waals surface area (Å²) in [6.07, 6.45) is 1.25. The van der Waals surface area contributed by atoms with E-state index in [4.69, 9.17) is 10.5 Å². The highest BCUT2D eigenvalue weighted by Gasteiger charge is 2.20. The van der Waals surface area contributed by atoms with Crippen LogP contribution >= 0.6 is 0 Å². The van der Waals surface area contributed by atoms with E-state index >= 15 is 0 Å². The summed E-state index contributed by atoms with van der Waals surface area (Å²) in [5.41, 5.74) is 7.00. The van der Waals surface area contributed by atoms with Crippen LogP contribution in [0.1, 0.15) is 32.4 Å². The monoisotopic (exact) mass is 287 g/mol. The van der Waals surface area contributed by atoms with Crippen LogP contribution in [-0.4, -0.2) is 23.2 Å². The highest BCUT2D eigenvalue weighted by molar-refractivity contribution is 5.79. The number of carbonyl (C=O) groups excluding carboxylic acids is 1. The van der Waals surface area contributed by atoms with Crippen molar-refractivity contribution in [1.82, 2.24) is 10.3 Å². The number of carbonyl (C=O) groups is 1. The van der Waals surface area contributed by atoms with Crippen molar-refractivity contribution >= 4 is 17.0 Å². The number of hydrogen-bond donors (Lipinski definition) is 2. The van der Waals surface area contributed by atoms with E-state index in [1.807, 2.05) is 51.1 Å². The lowest BCUT2D eigenvalue weighted by atomic mass is 10.1. The number of nitrogens with two attached hydrogens (primary N) is 1. The molecule has 2 rings (SSSR count). The number of aromatic nitrogens is 1. The lowest BCUT2D eigenvalue weighted by Crippen LogP contribution is -2.37. The van der Waals surface area contributed by atoms with Gasteiger partial charge in [0.2, 0.25) is 0 Å². The van der Waals surface area contributed by atoms with Crippen molar-refractivity contribution in [2.24, 2.45) is 5.73 Å². The Morgan fingerprint density at radius 3 is 2.76 bits per heavy atom. The van der Waals surface area contributed by atoms with E-state index in [9.17, 15) is 4.79 Å². The minimum Gasteiger partial charge on any atom is -0.444 e. The predicted octanol–water partition coefficient (Wildman–Crippen LogP) is 2.76. The summed E-state index contributed by atoms with van der Waals surface area (Å²) in [4.78, 5) is 16.2. The van der Waals surface area contributed by atoms with E-state index in [0.717, 1.165) is 16.5 Å². The van der Waals surface area contributed by atoms with Crippen LogP contribution in [0.2, 0.25) is 0 Å². The van der Waals surface area contributed by atoms with E-state index < -0.39 is 11.7 Å². The van der Waals surface area contributed by atoms with Crippen molar-refractivity contribution in [2.75, 3.05) is 6.54 Å². The van der Waals surface area contributed by atoms with E-state index in [-0.39, 0.29) is 12.6 Å². The summed E-state index contributed by atoms with van der Waals surface area (Å²) in [6, 6.07) is 9.47. The van der Waals surface area contributed by atoms with Crippen LogP contribution in [0.5, 0.6) is 0 Å². The van der Waals surface area contributed by atoms with Gasteiger partial charge in [-0.3, -0.25) is 4.98 Å². The molecule has 3 N–H and O–H groups in total. The Labute approximate surface area is 124 Å². The summed E-state index contributed by atoms with van der Waals surface area (Å²) < 4.78 is 5.25. The Kier molecular flexibility index (Phi) is 4.43. The van der Waals surface area contributed by atoms with Gasteiger partial charge in [0, 0.05) is 18.1 Å². The van der Waals surface area contributed by atoms with Crippen LogP contribution in [0.25, 0.3) is 10.9 Å². The first-order valence-electron chi connectivity index (χ1n) is 6.93. The van der Waals surface area contributed by atoms with Crippen molar-refractivity contribution in [1.29, 1.82) is 0 Å². The molecule has 0 saturated carbocycles. The fourth-order valence-electron chi connectivity index (χ4n) is 2.01. The van der Waals surface area contributed by atoms with Crippen molar-refractivity contribution < 1.29 is 9.53 Å². The van der Waals surface area contributed by atoms with Gasteiger partial charge in [-0.05, 0) is 38.5 Å². The molecule has 0 saturated heterocycles. The maximum Gasteiger partial charge on any atom is 0.408 e. The molecule has 0 aliphatic rings. The molecule has 0 bridgehead atoms. The van der Waals surface area contributed by atoms with Gasteiger partial charge in [-0.2, -0.15) is 0 Å². The molecule has 5 nitrogen and oxygen atoms in total. The zero-order valence-corrected chi connectivity index (χ0v) is 12.6. The van der Waals surface area contributed by atoms with Crippen molar-refractivity contribution in [3.63, 3.8) is 0 Å². The SMILES string of the molecule is CC(C)(C)OC(=O)NC(CN)c1cnc2ccccc2c1. The molecule has 1 aromatic carbocycles. The average Bonchev–Trinajstić information content (AvgIpc) is 2.42. The maximum atomic E-state index is 11.9. The topological polar surface area (TPSA) is 77.2 Å². The van der Waals surface area contributed by atoms with Crippen molar-refractivity contribution in [3.05, 3.63) is 42.1 Å². The molecule has 5 heteroatoms. The summed E-state index contributed by atoms with van der Waals surface area (Å²) in [7, 11) is 0. The zero-order valence-electron chi connectivity index (χ0n) is 12.6. The third-order valence-corrected chi connectivity index (χ3v) is 2.94. The van der Waals surface area contributed by atoms with Gasteiger partial charge in [-0.15, -0.1) is 0 Å². The maximum absolute atomic E-state index is 11.9. The van der Waals surface area contributed by atoms with Gasteiger partial charge in [-0.1, -0.05) is 18.2 Å². The number of benzene rings is 1. The molecule has 1 unspecified atom stereocenters. The molecule has 1 amide bonds. The van der Waals surface area contributed by atoms with Crippen LogP contribution in [-0.2, 0) is 4.74 Å². The summed E-state index contributed by atoms with van der Waals surface area (Å²) in [6.45, 7) is 5.74. The number of para-hydroxylation sites is 1. The summed E-state index contributed by atoms with van der Waals surface area (Å²) in [5.74, 6) is 0. The van der Waals surface area contributed by atoms with Crippen molar-refractivity contribution in [3.8, 4) is 0 Å². The molecule has 1 heterocycles. The van der Waals surface area contributed by atoms with E-state index in [1.54, 1.807) is 6.20 Å². The third-order valence-electron chi connectivity index (χ3n) is 2.94. The summed E-state index contributed by atoms with van der Waals surface area (Å²) >= 11 is 0.